The molecule has 2 saturated heterocycles. The Morgan fingerprint density at radius 2 is 2.06 bits per heavy atom. The zero-order valence-corrected chi connectivity index (χ0v) is 10.7. The molecule has 0 aromatic carbocycles. The van der Waals surface area contributed by atoms with Gasteiger partial charge in [-0.2, -0.15) is 0 Å². The van der Waals surface area contributed by atoms with Crippen molar-refractivity contribution in [3.63, 3.8) is 0 Å². The smallest absolute Gasteiger partial charge is 0.0769 e. The number of aliphatic hydroxyl groups is 1. The fraction of sp³-hybridized carbons (Fsp3) is 1.00. The lowest BCUT2D eigenvalue weighted by molar-refractivity contribution is -0.0263. The normalized spacial score (nSPS) is 31.7. The van der Waals surface area contributed by atoms with Gasteiger partial charge in [-0.3, -0.25) is 4.90 Å². The molecular formula is C13H26N2O. The van der Waals surface area contributed by atoms with E-state index in [4.69, 9.17) is 0 Å². The van der Waals surface area contributed by atoms with Crippen LogP contribution in [0.5, 0.6) is 0 Å². The van der Waals surface area contributed by atoms with Crippen molar-refractivity contribution in [1.29, 1.82) is 0 Å². The molecular weight excluding hydrogens is 200 g/mol. The van der Waals surface area contributed by atoms with Gasteiger partial charge in [0.2, 0.25) is 0 Å². The number of rotatable bonds is 4. The van der Waals surface area contributed by atoms with E-state index in [9.17, 15) is 5.11 Å². The Balaban J connectivity index is 1.97. The lowest BCUT2D eigenvalue weighted by Crippen LogP contribution is -2.52. The molecule has 2 aliphatic rings. The zero-order valence-electron chi connectivity index (χ0n) is 10.7. The molecule has 2 aliphatic heterocycles. The SMILES string of the molecule is CCC(O)(CC)CN1CCCC2CNCC21. The minimum absolute atomic E-state index is 0.468. The first-order valence-corrected chi connectivity index (χ1v) is 6.85. The molecule has 0 radical (unpaired) electrons. The maximum atomic E-state index is 10.4. The molecule has 94 valence electrons. The van der Waals surface area contributed by atoms with Gasteiger partial charge in [-0.25, -0.2) is 0 Å². The number of nitrogens with zero attached hydrogens (tertiary/aromatic N) is 1. The second kappa shape index (κ2) is 5.03. The summed E-state index contributed by atoms with van der Waals surface area (Å²) in [5.74, 6) is 0.826. The van der Waals surface area contributed by atoms with Crippen molar-refractivity contribution in [2.24, 2.45) is 5.92 Å². The summed E-state index contributed by atoms with van der Waals surface area (Å²) in [7, 11) is 0. The van der Waals surface area contributed by atoms with Crippen LogP contribution in [0.4, 0.5) is 0 Å². The molecule has 2 atom stereocenters. The second-order valence-corrected chi connectivity index (χ2v) is 5.53. The topological polar surface area (TPSA) is 35.5 Å². The van der Waals surface area contributed by atoms with Crippen molar-refractivity contribution in [3.05, 3.63) is 0 Å². The molecule has 0 saturated carbocycles. The van der Waals surface area contributed by atoms with Crippen LogP contribution in [0.1, 0.15) is 39.5 Å². The van der Waals surface area contributed by atoms with Crippen LogP contribution in [0, 0.1) is 5.92 Å². The first-order chi connectivity index (χ1) is 7.68. The summed E-state index contributed by atoms with van der Waals surface area (Å²) in [6, 6.07) is 0.679. The van der Waals surface area contributed by atoms with Crippen LogP contribution in [0.15, 0.2) is 0 Å². The van der Waals surface area contributed by atoms with Gasteiger partial charge in [0.25, 0.3) is 0 Å². The summed E-state index contributed by atoms with van der Waals surface area (Å²) in [5, 5.41) is 13.9. The summed E-state index contributed by atoms with van der Waals surface area (Å²) in [5.41, 5.74) is -0.468. The fourth-order valence-electron chi connectivity index (χ4n) is 3.21. The van der Waals surface area contributed by atoms with Gasteiger partial charge in [0.15, 0.2) is 0 Å². The van der Waals surface area contributed by atoms with Crippen LogP contribution in [-0.2, 0) is 0 Å². The first kappa shape index (κ1) is 12.3. The van der Waals surface area contributed by atoms with Gasteiger partial charge in [0, 0.05) is 19.1 Å². The van der Waals surface area contributed by atoms with Crippen molar-refractivity contribution in [2.75, 3.05) is 26.2 Å². The molecule has 0 aromatic heterocycles. The molecule has 0 aliphatic carbocycles. The molecule has 0 bridgehead atoms. The predicted octanol–water partition coefficient (Wildman–Crippen LogP) is 1.22. The van der Waals surface area contributed by atoms with Gasteiger partial charge in [0.05, 0.1) is 5.60 Å². The average Bonchev–Trinajstić information content (AvgIpc) is 2.78. The van der Waals surface area contributed by atoms with E-state index in [2.05, 4.69) is 24.1 Å². The Bertz CT molecular complexity index is 228. The Labute approximate surface area is 99.2 Å². The molecule has 2 fully saturated rings. The Hall–Kier alpha value is -0.120. The third-order valence-electron chi connectivity index (χ3n) is 4.61. The molecule has 2 heterocycles. The number of fused-ring (bicyclic) bond motifs is 1. The summed E-state index contributed by atoms with van der Waals surface area (Å²) in [6.07, 6.45) is 4.40. The van der Waals surface area contributed by atoms with Crippen molar-refractivity contribution in [3.8, 4) is 0 Å². The molecule has 0 spiro atoms. The van der Waals surface area contributed by atoms with Gasteiger partial charge in [0.1, 0.15) is 0 Å². The third-order valence-corrected chi connectivity index (χ3v) is 4.61. The van der Waals surface area contributed by atoms with Crippen molar-refractivity contribution in [1.82, 2.24) is 10.2 Å². The lowest BCUT2D eigenvalue weighted by Gasteiger charge is -2.41. The minimum atomic E-state index is -0.468. The van der Waals surface area contributed by atoms with Crippen molar-refractivity contribution in [2.45, 2.75) is 51.2 Å². The van der Waals surface area contributed by atoms with Crippen molar-refractivity contribution >= 4 is 0 Å². The van der Waals surface area contributed by atoms with E-state index in [1.54, 1.807) is 0 Å². The van der Waals surface area contributed by atoms with Crippen LogP contribution in [-0.4, -0.2) is 47.8 Å². The molecule has 0 amide bonds. The van der Waals surface area contributed by atoms with Crippen LogP contribution in [0.25, 0.3) is 0 Å². The molecule has 2 rings (SSSR count). The van der Waals surface area contributed by atoms with Crippen LogP contribution < -0.4 is 5.32 Å². The summed E-state index contributed by atoms with van der Waals surface area (Å²) in [6.45, 7) is 8.52. The monoisotopic (exact) mass is 226 g/mol. The van der Waals surface area contributed by atoms with Crippen LogP contribution >= 0.6 is 0 Å². The first-order valence-electron chi connectivity index (χ1n) is 6.85. The number of piperidine rings is 1. The van der Waals surface area contributed by atoms with E-state index >= 15 is 0 Å². The number of hydrogen-bond acceptors (Lipinski definition) is 3. The van der Waals surface area contributed by atoms with E-state index < -0.39 is 5.60 Å². The number of likely N-dealkylation sites (tertiary alicyclic amines) is 1. The summed E-state index contributed by atoms with van der Waals surface area (Å²) in [4.78, 5) is 2.53. The highest BCUT2D eigenvalue weighted by Crippen LogP contribution is 2.29. The van der Waals surface area contributed by atoms with Gasteiger partial charge >= 0.3 is 0 Å². The average molecular weight is 226 g/mol. The number of hydrogen-bond donors (Lipinski definition) is 2. The maximum Gasteiger partial charge on any atom is 0.0769 e. The van der Waals surface area contributed by atoms with E-state index in [0.717, 1.165) is 31.8 Å². The highest BCUT2D eigenvalue weighted by atomic mass is 16.3. The van der Waals surface area contributed by atoms with E-state index in [-0.39, 0.29) is 0 Å². The van der Waals surface area contributed by atoms with Gasteiger partial charge in [-0.1, -0.05) is 13.8 Å². The van der Waals surface area contributed by atoms with Gasteiger partial charge in [-0.05, 0) is 44.7 Å². The van der Waals surface area contributed by atoms with Crippen LogP contribution in [0.2, 0.25) is 0 Å². The fourth-order valence-corrected chi connectivity index (χ4v) is 3.21. The standard InChI is InChI=1S/C13H26N2O/c1-3-13(16,4-2)10-15-7-5-6-11-8-14-9-12(11)15/h11-12,14,16H,3-10H2,1-2H3. The van der Waals surface area contributed by atoms with E-state index in [1.807, 2.05) is 0 Å². The quantitative estimate of drug-likeness (QED) is 0.756. The summed E-state index contributed by atoms with van der Waals surface area (Å²) < 4.78 is 0. The number of β-amino-alcohol motifs (C(OH)–C–C–N with tert-alkyl or cyclic N) is 1. The highest BCUT2D eigenvalue weighted by Gasteiger charge is 2.37. The Morgan fingerprint density at radius 3 is 2.75 bits per heavy atom. The molecule has 2 N–H and O–H groups in total. The molecule has 3 nitrogen and oxygen atoms in total. The highest BCUT2D eigenvalue weighted by molar-refractivity contribution is 4.94. The Kier molecular flexibility index (Phi) is 3.88. The van der Waals surface area contributed by atoms with Crippen LogP contribution in [0.3, 0.4) is 0 Å². The second-order valence-electron chi connectivity index (χ2n) is 5.53. The molecule has 16 heavy (non-hydrogen) atoms. The van der Waals surface area contributed by atoms with E-state index in [0.29, 0.717) is 6.04 Å². The minimum Gasteiger partial charge on any atom is -0.389 e. The third kappa shape index (κ3) is 2.41. The zero-order chi connectivity index (χ0) is 11.6. The molecule has 2 unspecified atom stereocenters. The molecule has 3 heteroatoms. The Morgan fingerprint density at radius 1 is 1.31 bits per heavy atom. The predicted molar refractivity (Wildman–Crippen MR) is 66.5 cm³/mol. The number of nitrogens with one attached hydrogen (secondary N) is 1. The van der Waals surface area contributed by atoms with E-state index in [1.165, 1.54) is 25.9 Å². The largest absolute Gasteiger partial charge is 0.389 e. The summed E-state index contributed by atoms with van der Waals surface area (Å²) >= 11 is 0. The van der Waals surface area contributed by atoms with Gasteiger partial charge < -0.3 is 10.4 Å². The maximum absolute atomic E-state index is 10.4. The lowest BCUT2D eigenvalue weighted by atomic mass is 9.89. The van der Waals surface area contributed by atoms with Crippen molar-refractivity contribution < 1.29 is 5.11 Å². The van der Waals surface area contributed by atoms with Gasteiger partial charge in [-0.15, -0.1) is 0 Å². The molecule has 0 aromatic rings.